The summed E-state index contributed by atoms with van der Waals surface area (Å²) < 4.78 is 10.8. The van der Waals surface area contributed by atoms with Crippen molar-refractivity contribution in [2.45, 2.75) is 136 Å². The number of carbonyl (C=O) groups excluding carboxylic acids is 7. The van der Waals surface area contributed by atoms with Gasteiger partial charge in [-0.1, -0.05) is 76.6 Å². The van der Waals surface area contributed by atoms with E-state index in [1.54, 1.807) is 53.7 Å². The van der Waals surface area contributed by atoms with Crippen LogP contribution in [0.15, 0.2) is 67.1 Å². The Kier molecular flexibility index (Phi) is 18.3. The molecule has 6 amide bonds. The first-order valence-corrected chi connectivity index (χ1v) is 21.7. The summed E-state index contributed by atoms with van der Waals surface area (Å²) in [7, 11) is 0. The van der Waals surface area contributed by atoms with E-state index >= 15 is 0 Å². The molecule has 18 nitrogen and oxygen atoms in total. The molecule has 348 valence electrons. The Morgan fingerprint density at radius 3 is 2.08 bits per heavy atom. The van der Waals surface area contributed by atoms with E-state index in [-0.39, 0.29) is 31.7 Å². The lowest BCUT2D eigenvalue weighted by molar-refractivity contribution is -0.149. The monoisotopic (exact) mass is 888 g/mol. The lowest BCUT2D eigenvalue weighted by atomic mass is 9.96. The Bertz CT molecular complexity index is 2040. The van der Waals surface area contributed by atoms with E-state index in [2.05, 4.69) is 36.6 Å². The van der Waals surface area contributed by atoms with E-state index < -0.39 is 95.3 Å². The normalized spacial score (nSPS) is 16.6. The molecule has 1 aliphatic rings. The number of aromatic hydroxyl groups is 1. The minimum absolute atomic E-state index is 0.00220. The van der Waals surface area contributed by atoms with E-state index in [0.717, 1.165) is 5.56 Å². The maximum Gasteiger partial charge on any atom is 0.408 e. The number of likely N-dealkylation sites (tertiary alicyclic amines) is 1. The average molecular weight is 889 g/mol. The smallest absolute Gasteiger partial charge is 0.408 e. The topological polar surface area (TPSA) is 250 Å². The molecule has 0 saturated carbocycles. The van der Waals surface area contributed by atoms with Crippen molar-refractivity contribution in [2.75, 3.05) is 6.54 Å². The van der Waals surface area contributed by atoms with Gasteiger partial charge in [-0.15, -0.1) is 0 Å². The van der Waals surface area contributed by atoms with Crippen LogP contribution in [0.5, 0.6) is 5.75 Å². The molecule has 0 spiro atoms. The maximum absolute atomic E-state index is 14.4. The minimum atomic E-state index is -1.26. The largest absolute Gasteiger partial charge is 0.508 e. The van der Waals surface area contributed by atoms with Crippen LogP contribution in [0.25, 0.3) is 0 Å². The van der Waals surface area contributed by atoms with Crippen molar-refractivity contribution >= 4 is 41.6 Å². The van der Waals surface area contributed by atoms with Crippen molar-refractivity contribution in [3.05, 3.63) is 83.9 Å². The molecule has 0 bridgehead atoms. The van der Waals surface area contributed by atoms with Gasteiger partial charge in [-0.3, -0.25) is 24.0 Å². The number of hydrogen-bond donors (Lipinski definition) is 7. The predicted octanol–water partition coefficient (Wildman–Crippen LogP) is 3.19. The second-order valence-corrected chi connectivity index (χ2v) is 17.5. The highest BCUT2D eigenvalue weighted by molar-refractivity contribution is 5.97. The van der Waals surface area contributed by atoms with Gasteiger partial charge < -0.3 is 51.0 Å². The number of phenols is 1. The number of esters is 1. The van der Waals surface area contributed by atoms with Crippen molar-refractivity contribution in [3.8, 4) is 5.75 Å². The second-order valence-electron chi connectivity index (χ2n) is 17.5. The third-order valence-electron chi connectivity index (χ3n) is 10.8. The van der Waals surface area contributed by atoms with Crippen molar-refractivity contribution < 1.29 is 48.1 Å². The van der Waals surface area contributed by atoms with Gasteiger partial charge in [0, 0.05) is 31.3 Å². The highest BCUT2D eigenvalue weighted by Gasteiger charge is 2.40. The van der Waals surface area contributed by atoms with Gasteiger partial charge in [-0.2, -0.15) is 0 Å². The van der Waals surface area contributed by atoms with Crippen LogP contribution in [0.3, 0.4) is 0 Å². The molecule has 7 N–H and O–H groups in total. The van der Waals surface area contributed by atoms with Crippen molar-refractivity contribution in [2.24, 2.45) is 11.8 Å². The van der Waals surface area contributed by atoms with Crippen molar-refractivity contribution in [3.63, 3.8) is 0 Å². The number of aromatic nitrogens is 2. The summed E-state index contributed by atoms with van der Waals surface area (Å²) in [5, 5.41) is 23.6. The molecule has 1 unspecified atom stereocenters. The molecule has 2 aromatic carbocycles. The van der Waals surface area contributed by atoms with Gasteiger partial charge in [0.1, 0.15) is 54.2 Å². The number of alkyl carbamates (subject to hydrolysis) is 1. The van der Waals surface area contributed by atoms with Crippen molar-refractivity contribution in [1.29, 1.82) is 0 Å². The molecular formula is C46H64N8O10. The quantitative estimate of drug-likeness (QED) is 0.0812. The first-order chi connectivity index (χ1) is 30.3. The second kappa shape index (κ2) is 23.3. The average Bonchev–Trinajstić information content (AvgIpc) is 3.96. The fraction of sp³-hybridized carbons (Fsp3) is 0.522. The van der Waals surface area contributed by atoms with E-state index in [0.29, 0.717) is 30.5 Å². The number of amides is 6. The third-order valence-corrected chi connectivity index (χ3v) is 10.8. The standard InChI is InChI=1S/C46H64N8O10/c1-9-28(4)38(52-39(56)34(22-30-17-19-33(55)20-18-30)50-41(58)37(27(2)3)53-45(62)64-46(6,7)8)42(59)51-35(23-32-24-47-26-48-32)43(60)54-21-13-16-36(54)40(57)49-29(5)44(61)63-25-31-14-11-10-12-15-31/h10-12,14-15,17-20,24,26-29,34-38,55H,9,13,16,21-23,25H2,1-8H3,(H,47,48)(H,49,57)(H,50,58)(H,51,59)(H,52,56)(H,53,62)/t28?,29-,34+,35+,36+,37+,38+/m1/s1. The zero-order chi connectivity index (χ0) is 47.1. The van der Waals surface area contributed by atoms with Gasteiger partial charge in [0.05, 0.1) is 6.33 Å². The van der Waals surface area contributed by atoms with E-state index in [9.17, 15) is 38.7 Å². The van der Waals surface area contributed by atoms with Gasteiger partial charge in [-0.25, -0.2) is 14.6 Å². The molecule has 0 radical (unpaired) electrons. The van der Waals surface area contributed by atoms with E-state index in [4.69, 9.17) is 9.47 Å². The van der Waals surface area contributed by atoms with Crippen LogP contribution in [0.1, 0.15) is 91.5 Å². The summed E-state index contributed by atoms with van der Waals surface area (Å²) in [6.07, 6.45) is 3.29. The Morgan fingerprint density at radius 2 is 1.47 bits per heavy atom. The van der Waals surface area contributed by atoms with Crippen LogP contribution in [-0.2, 0) is 57.7 Å². The summed E-state index contributed by atoms with van der Waals surface area (Å²) in [6, 6.07) is 8.46. The molecule has 4 rings (SSSR count). The molecule has 18 heteroatoms. The van der Waals surface area contributed by atoms with E-state index in [1.807, 2.05) is 37.3 Å². The molecule has 7 atom stereocenters. The molecule has 0 aliphatic carbocycles. The molecule has 1 aromatic heterocycles. The Hall–Kier alpha value is -6.46. The van der Waals surface area contributed by atoms with Crippen LogP contribution in [0.2, 0.25) is 0 Å². The first-order valence-electron chi connectivity index (χ1n) is 21.7. The lowest BCUT2D eigenvalue weighted by Gasteiger charge is -2.32. The van der Waals surface area contributed by atoms with Crippen LogP contribution in [0, 0.1) is 11.8 Å². The molecule has 1 saturated heterocycles. The summed E-state index contributed by atoms with van der Waals surface area (Å²) in [5.74, 6) is -4.70. The molecule has 3 aromatic rings. The zero-order valence-electron chi connectivity index (χ0n) is 37.9. The van der Waals surface area contributed by atoms with Crippen LogP contribution < -0.4 is 26.6 Å². The van der Waals surface area contributed by atoms with Crippen LogP contribution in [-0.4, -0.2) is 110 Å². The van der Waals surface area contributed by atoms with Gasteiger partial charge in [-0.05, 0) is 75.6 Å². The third kappa shape index (κ3) is 15.1. The molecular weight excluding hydrogens is 825 g/mol. The number of H-pyrrole nitrogens is 1. The Balaban J connectivity index is 1.53. The van der Waals surface area contributed by atoms with Gasteiger partial charge in [0.25, 0.3) is 0 Å². The number of ether oxygens (including phenoxy) is 2. The summed E-state index contributed by atoms with van der Waals surface area (Å²) >= 11 is 0. The number of rotatable bonds is 20. The number of hydrogen-bond acceptors (Lipinski definition) is 11. The zero-order valence-corrected chi connectivity index (χ0v) is 37.9. The number of carbonyl (C=O) groups is 7. The fourth-order valence-electron chi connectivity index (χ4n) is 7.07. The number of nitrogens with zero attached hydrogens (tertiary/aromatic N) is 2. The summed E-state index contributed by atoms with van der Waals surface area (Å²) in [6.45, 7) is 13.8. The number of aromatic amines is 1. The molecule has 2 heterocycles. The van der Waals surface area contributed by atoms with E-state index in [1.165, 1.54) is 36.5 Å². The Labute approximate surface area is 374 Å². The SMILES string of the molecule is CCC(C)[C@H](NC(=O)[C@H](Cc1ccc(O)cc1)NC(=O)[C@@H](NC(=O)OC(C)(C)C)C(C)C)C(=O)N[C@@H](Cc1cnc[nH]1)C(=O)N1CCC[C@H]1C(=O)N[C@H](C)C(=O)OCc1ccccc1. The van der Waals surface area contributed by atoms with Gasteiger partial charge in [0.2, 0.25) is 29.5 Å². The molecule has 1 aliphatic heterocycles. The first kappa shape index (κ1) is 50.2. The number of imidazole rings is 1. The fourth-order valence-corrected chi connectivity index (χ4v) is 7.07. The van der Waals surface area contributed by atoms with Gasteiger partial charge >= 0.3 is 12.1 Å². The maximum atomic E-state index is 14.4. The van der Waals surface area contributed by atoms with Crippen LogP contribution in [0.4, 0.5) is 4.79 Å². The minimum Gasteiger partial charge on any atom is -0.508 e. The summed E-state index contributed by atoms with van der Waals surface area (Å²) in [5.41, 5.74) is 1.05. The molecule has 64 heavy (non-hydrogen) atoms. The number of phenolic OH excluding ortho intramolecular Hbond substituents is 1. The lowest BCUT2D eigenvalue weighted by Crippen LogP contribution is -2.61. The summed E-state index contributed by atoms with van der Waals surface area (Å²) in [4.78, 5) is 104. The van der Waals surface area contributed by atoms with Crippen LogP contribution >= 0.6 is 0 Å². The van der Waals surface area contributed by atoms with Gasteiger partial charge in [0.15, 0.2) is 0 Å². The number of nitrogens with one attached hydrogen (secondary N) is 6. The molecule has 1 fully saturated rings. The number of benzene rings is 2. The van der Waals surface area contributed by atoms with Crippen molar-refractivity contribution in [1.82, 2.24) is 41.5 Å². The Morgan fingerprint density at radius 1 is 0.812 bits per heavy atom. The highest BCUT2D eigenvalue weighted by Crippen LogP contribution is 2.21. The predicted molar refractivity (Wildman–Crippen MR) is 236 cm³/mol. The highest BCUT2D eigenvalue weighted by atomic mass is 16.6.